The number of ether oxygens (including phenoxy) is 2. The normalized spacial score (nSPS) is 11.1. The topological polar surface area (TPSA) is 104 Å². The van der Waals surface area contributed by atoms with Gasteiger partial charge in [0, 0.05) is 65.3 Å². The Bertz CT molecular complexity index is 893. The van der Waals surface area contributed by atoms with E-state index < -0.39 is 0 Å². The van der Waals surface area contributed by atoms with E-state index in [0.717, 1.165) is 126 Å². The summed E-state index contributed by atoms with van der Waals surface area (Å²) in [6.07, 6.45) is 21.7. The van der Waals surface area contributed by atoms with E-state index in [2.05, 4.69) is 70.1 Å². The number of hydrogen-bond donors (Lipinski definition) is 0. The van der Waals surface area contributed by atoms with Crippen LogP contribution in [-0.2, 0) is 46.1 Å². The Labute approximate surface area is 404 Å². The fraction of sp³-hybridized carbons (Fsp3) is 0.884. The number of unbranched alkanes of at least 4 members (excludes halogenated alkanes) is 6. The minimum absolute atomic E-state index is 0. The standard InChI is InChI=1S/C17H34O3S.C13H24O2S.C11H21BrO.C2H4OS.K/c1-6-10-12-17(13-11-7-2,14-21-15(5)18)16(19-8-3)20-9-4;1-4-6-8-13(10-14,9-7-5-2)11-16-12(3)15;1-3-5-7-11(9-12,10-13)8-6-4-2;1-2(3)4;/h16H,6-14H2,1-5H3;10H,4-9,11H2,1-3H3;10H,3-9H2,1-2H3;1H3,(H,3,4);/q;;;;+1/p-1. The van der Waals surface area contributed by atoms with Gasteiger partial charge in [-0.3, -0.25) is 9.59 Å². The third-order valence-corrected chi connectivity index (χ3v) is 12.6. The van der Waals surface area contributed by atoms with Crippen molar-refractivity contribution in [1.29, 1.82) is 0 Å². The van der Waals surface area contributed by atoms with E-state index in [-0.39, 0.29) is 89.3 Å². The molecule has 322 valence electrons. The van der Waals surface area contributed by atoms with E-state index >= 15 is 0 Å². The summed E-state index contributed by atoms with van der Waals surface area (Å²) >= 11 is 10.2. The molecule has 0 saturated carbocycles. The Morgan fingerprint density at radius 3 is 1.13 bits per heavy atom. The average molecular weight is 926 g/mol. The molecule has 0 bridgehead atoms. The molecule has 0 aliphatic heterocycles. The zero-order chi connectivity index (χ0) is 42.3. The Kier molecular flexibility index (Phi) is 53.4. The van der Waals surface area contributed by atoms with Crippen molar-refractivity contribution in [2.75, 3.05) is 30.0 Å². The zero-order valence-electron chi connectivity index (χ0n) is 37.5. The second-order valence-corrected chi connectivity index (χ2v) is 17.8. The molecule has 0 amide bonds. The summed E-state index contributed by atoms with van der Waals surface area (Å²) in [4.78, 5) is 54.1. The third kappa shape index (κ3) is 38.0. The second-order valence-electron chi connectivity index (χ2n) is 14.4. The van der Waals surface area contributed by atoms with Crippen LogP contribution in [0.2, 0.25) is 0 Å². The van der Waals surface area contributed by atoms with Crippen LogP contribution in [0.5, 0.6) is 0 Å². The van der Waals surface area contributed by atoms with Crippen LogP contribution < -0.4 is 51.4 Å². The molecule has 0 N–H and O–H groups in total. The van der Waals surface area contributed by atoms with Gasteiger partial charge in [-0.15, -0.1) is 0 Å². The summed E-state index contributed by atoms with van der Waals surface area (Å²) in [5, 5.41) is 0.863. The molecule has 0 aromatic heterocycles. The monoisotopic (exact) mass is 924 g/mol. The summed E-state index contributed by atoms with van der Waals surface area (Å²) in [7, 11) is 0. The van der Waals surface area contributed by atoms with Crippen LogP contribution in [-0.4, -0.2) is 64.3 Å². The molecule has 55 heavy (non-hydrogen) atoms. The van der Waals surface area contributed by atoms with Gasteiger partial charge >= 0.3 is 51.4 Å². The van der Waals surface area contributed by atoms with Gasteiger partial charge in [0.2, 0.25) is 0 Å². The fourth-order valence-corrected chi connectivity index (χ4v) is 8.23. The molecular weight excluding hydrogens is 844 g/mol. The number of carbonyl (C=O) groups is 5. The summed E-state index contributed by atoms with van der Waals surface area (Å²) in [6.45, 7) is 22.9. The van der Waals surface area contributed by atoms with Crippen LogP contribution in [0.25, 0.3) is 0 Å². The molecule has 0 aliphatic carbocycles. The third-order valence-electron chi connectivity index (χ3n) is 9.20. The first-order chi connectivity index (χ1) is 25.6. The van der Waals surface area contributed by atoms with Gasteiger partial charge in [-0.25, -0.2) is 0 Å². The van der Waals surface area contributed by atoms with Gasteiger partial charge < -0.3 is 36.5 Å². The van der Waals surface area contributed by atoms with Crippen LogP contribution in [0.15, 0.2) is 0 Å². The van der Waals surface area contributed by atoms with Gasteiger partial charge in [0.1, 0.15) is 12.6 Å². The molecule has 7 nitrogen and oxygen atoms in total. The number of thioether (sulfide) groups is 2. The number of halogens is 1. The van der Waals surface area contributed by atoms with E-state index in [1.54, 1.807) is 13.8 Å². The maximum absolute atomic E-state index is 11.5. The molecule has 0 unspecified atom stereocenters. The van der Waals surface area contributed by atoms with Crippen LogP contribution in [0, 0.1) is 16.2 Å². The molecule has 0 aromatic rings. The first-order valence-corrected chi connectivity index (χ1v) is 24.3. The van der Waals surface area contributed by atoms with Crippen molar-refractivity contribution in [3.63, 3.8) is 0 Å². The quantitative estimate of drug-likeness (QED) is 0.0228. The maximum Gasteiger partial charge on any atom is 1.00 e. The predicted molar refractivity (Wildman–Crippen MR) is 242 cm³/mol. The molecular formula is C43H82BrKO7S3. The fourth-order valence-electron chi connectivity index (χ4n) is 5.77. The molecule has 0 atom stereocenters. The van der Waals surface area contributed by atoms with Crippen LogP contribution in [0.3, 0.4) is 0 Å². The van der Waals surface area contributed by atoms with E-state index in [4.69, 9.17) is 9.47 Å². The van der Waals surface area contributed by atoms with Crippen LogP contribution in [0.1, 0.15) is 192 Å². The van der Waals surface area contributed by atoms with Crippen molar-refractivity contribution in [3.8, 4) is 0 Å². The van der Waals surface area contributed by atoms with E-state index in [9.17, 15) is 24.0 Å². The van der Waals surface area contributed by atoms with Crippen LogP contribution >= 0.6 is 39.5 Å². The zero-order valence-corrected chi connectivity index (χ0v) is 44.6. The van der Waals surface area contributed by atoms with Crippen LogP contribution in [0.4, 0.5) is 0 Å². The largest absolute Gasteiger partial charge is 1.00 e. The Balaban J connectivity index is -0.000000220. The van der Waals surface area contributed by atoms with E-state index in [1.807, 2.05) is 13.8 Å². The first kappa shape index (κ1) is 65.4. The van der Waals surface area contributed by atoms with Gasteiger partial charge in [0.25, 0.3) is 0 Å². The predicted octanol–water partition coefficient (Wildman–Crippen LogP) is 9.89. The number of hydrogen-bond acceptors (Lipinski definition) is 10. The van der Waals surface area contributed by atoms with E-state index in [1.165, 1.54) is 43.3 Å². The SMILES string of the molecule is CC(=O)[S-].CCCCC(C=O)(CBr)CCCC.CCCCC(C=O)(CCCC)CSC(C)=O.CCCCC(CCCC)(CSC(C)=O)C(OCC)OCC.[K+]. The number of rotatable bonds is 30. The van der Waals surface area contributed by atoms with Crippen molar-refractivity contribution >= 4 is 80.0 Å². The molecule has 0 heterocycles. The summed E-state index contributed by atoms with van der Waals surface area (Å²) in [5.74, 6) is 1.46. The van der Waals surface area contributed by atoms with Gasteiger partial charge in [-0.1, -0.05) is 158 Å². The molecule has 0 spiro atoms. The van der Waals surface area contributed by atoms with Crippen molar-refractivity contribution in [2.24, 2.45) is 16.2 Å². The minimum Gasteiger partial charge on any atom is -0.742 e. The van der Waals surface area contributed by atoms with Gasteiger partial charge in [-0.05, 0) is 59.3 Å². The summed E-state index contributed by atoms with van der Waals surface area (Å²) in [5.41, 5.74) is -0.386. The summed E-state index contributed by atoms with van der Waals surface area (Å²) < 4.78 is 11.9. The number of aldehydes is 2. The maximum atomic E-state index is 11.5. The molecule has 12 heteroatoms. The number of carbonyl (C=O) groups excluding carboxylic acids is 5. The van der Waals surface area contributed by atoms with Gasteiger partial charge in [0.05, 0.1) is 0 Å². The number of alkyl halides is 1. The van der Waals surface area contributed by atoms with E-state index in [0.29, 0.717) is 19.0 Å². The molecule has 0 saturated heterocycles. The molecule has 0 aromatic carbocycles. The van der Waals surface area contributed by atoms with Crippen molar-refractivity contribution in [1.82, 2.24) is 0 Å². The van der Waals surface area contributed by atoms with Crippen molar-refractivity contribution in [3.05, 3.63) is 0 Å². The molecule has 0 rings (SSSR count). The Morgan fingerprint density at radius 1 is 0.582 bits per heavy atom. The minimum atomic E-state index is -0.262. The van der Waals surface area contributed by atoms with Gasteiger partial charge in [0.15, 0.2) is 16.5 Å². The average Bonchev–Trinajstić information content (AvgIpc) is 3.15. The molecule has 0 radical (unpaired) electrons. The summed E-state index contributed by atoms with van der Waals surface area (Å²) in [6, 6.07) is 0. The smallest absolute Gasteiger partial charge is 0.742 e. The Hall–Kier alpha value is 1.31. The molecule has 0 aliphatic rings. The van der Waals surface area contributed by atoms with Crippen molar-refractivity contribution < 1.29 is 84.8 Å². The van der Waals surface area contributed by atoms with Gasteiger partial charge in [-0.2, -0.15) is 0 Å². The van der Waals surface area contributed by atoms with Crippen molar-refractivity contribution in [2.45, 2.75) is 198 Å². The Morgan fingerprint density at radius 2 is 0.873 bits per heavy atom. The first-order valence-electron chi connectivity index (χ1n) is 20.8. The molecule has 0 fully saturated rings. The second kappa shape index (κ2) is 44.8.